The van der Waals surface area contributed by atoms with Crippen LogP contribution in [-0.4, -0.2) is 44.7 Å². The van der Waals surface area contributed by atoms with E-state index in [2.05, 4.69) is 15.6 Å². The van der Waals surface area contributed by atoms with Crippen LogP contribution in [0.2, 0.25) is 0 Å². The molecule has 0 heterocycles. The van der Waals surface area contributed by atoms with Crippen LogP contribution in [-0.2, 0) is 9.53 Å². The standard InChI is InChI=1S/C11H22N4O2/c1-17-8-7-14-11(12)13-6-2-3-10(16)15-9-4-5-9/h9H,2-8H2,1H3,(H,15,16)(H3,12,13,14). The zero-order valence-corrected chi connectivity index (χ0v) is 10.4. The molecule has 1 aliphatic rings. The summed E-state index contributed by atoms with van der Waals surface area (Å²) in [5, 5.41) is 5.85. The summed E-state index contributed by atoms with van der Waals surface area (Å²) in [6.45, 7) is 1.82. The van der Waals surface area contributed by atoms with Crippen LogP contribution in [0.25, 0.3) is 0 Å². The summed E-state index contributed by atoms with van der Waals surface area (Å²) < 4.78 is 4.87. The molecule has 0 unspecified atom stereocenters. The fourth-order valence-corrected chi connectivity index (χ4v) is 1.30. The highest BCUT2D eigenvalue weighted by molar-refractivity contribution is 5.78. The normalized spacial score (nSPS) is 15.7. The predicted octanol–water partition coefficient (Wildman–Crippen LogP) is -0.404. The molecule has 4 N–H and O–H groups in total. The van der Waals surface area contributed by atoms with Crippen LogP contribution >= 0.6 is 0 Å². The summed E-state index contributed by atoms with van der Waals surface area (Å²) in [5.41, 5.74) is 5.60. The number of nitrogens with zero attached hydrogens (tertiary/aromatic N) is 1. The number of hydrogen-bond donors (Lipinski definition) is 3. The molecule has 0 aromatic rings. The molecule has 0 aromatic heterocycles. The Morgan fingerprint density at radius 1 is 1.53 bits per heavy atom. The lowest BCUT2D eigenvalue weighted by molar-refractivity contribution is -0.121. The third-order valence-corrected chi connectivity index (χ3v) is 2.40. The van der Waals surface area contributed by atoms with Gasteiger partial charge in [0.2, 0.25) is 5.91 Å². The molecule has 0 bridgehead atoms. The average Bonchev–Trinajstić information content (AvgIpc) is 3.09. The van der Waals surface area contributed by atoms with Crippen molar-refractivity contribution in [1.29, 1.82) is 0 Å². The number of amides is 1. The van der Waals surface area contributed by atoms with Gasteiger partial charge in [0.25, 0.3) is 0 Å². The van der Waals surface area contributed by atoms with E-state index in [4.69, 9.17) is 10.5 Å². The Balaban J connectivity index is 1.97. The van der Waals surface area contributed by atoms with E-state index in [1.807, 2.05) is 0 Å². The van der Waals surface area contributed by atoms with Crippen molar-refractivity contribution in [2.75, 3.05) is 26.8 Å². The fourth-order valence-electron chi connectivity index (χ4n) is 1.30. The summed E-state index contributed by atoms with van der Waals surface area (Å²) in [5.74, 6) is 0.526. The summed E-state index contributed by atoms with van der Waals surface area (Å²) in [4.78, 5) is 15.4. The van der Waals surface area contributed by atoms with E-state index in [0.29, 0.717) is 38.1 Å². The minimum atomic E-state index is 0.119. The Kier molecular flexibility index (Phi) is 6.39. The minimum Gasteiger partial charge on any atom is -0.383 e. The lowest BCUT2D eigenvalue weighted by Gasteiger charge is -2.04. The molecule has 1 aliphatic carbocycles. The quantitative estimate of drug-likeness (QED) is 0.307. The Labute approximate surface area is 102 Å². The van der Waals surface area contributed by atoms with Gasteiger partial charge in [-0.2, -0.15) is 0 Å². The van der Waals surface area contributed by atoms with Gasteiger partial charge in [-0.3, -0.25) is 9.79 Å². The highest BCUT2D eigenvalue weighted by atomic mass is 16.5. The number of hydrogen-bond acceptors (Lipinski definition) is 3. The number of guanidine groups is 1. The zero-order valence-electron chi connectivity index (χ0n) is 10.4. The zero-order chi connectivity index (χ0) is 12.5. The topological polar surface area (TPSA) is 88.7 Å². The maximum atomic E-state index is 11.3. The maximum absolute atomic E-state index is 11.3. The molecule has 0 aromatic carbocycles. The second kappa shape index (κ2) is 7.89. The van der Waals surface area contributed by atoms with Gasteiger partial charge in [-0.25, -0.2) is 0 Å². The van der Waals surface area contributed by atoms with Crippen molar-refractivity contribution in [3.05, 3.63) is 0 Å². The van der Waals surface area contributed by atoms with Gasteiger partial charge in [0.1, 0.15) is 0 Å². The summed E-state index contributed by atoms with van der Waals surface area (Å²) in [6, 6.07) is 0.437. The van der Waals surface area contributed by atoms with E-state index in [1.165, 1.54) is 0 Å². The molecule has 1 fully saturated rings. The molecule has 0 saturated heterocycles. The number of methoxy groups -OCH3 is 1. The van der Waals surface area contributed by atoms with Crippen LogP contribution < -0.4 is 16.4 Å². The maximum Gasteiger partial charge on any atom is 0.220 e. The summed E-state index contributed by atoms with van der Waals surface area (Å²) >= 11 is 0. The van der Waals surface area contributed by atoms with Gasteiger partial charge in [-0.05, 0) is 19.3 Å². The second-order valence-corrected chi connectivity index (χ2v) is 4.13. The van der Waals surface area contributed by atoms with Crippen molar-refractivity contribution in [1.82, 2.24) is 10.6 Å². The third-order valence-electron chi connectivity index (χ3n) is 2.40. The van der Waals surface area contributed by atoms with Crippen molar-refractivity contribution >= 4 is 11.9 Å². The first-order chi connectivity index (χ1) is 8.22. The first-order valence-electron chi connectivity index (χ1n) is 6.04. The molecule has 17 heavy (non-hydrogen) atoms. The average molecular weight is 242 g/mol. The number of ether oxygens (including phenoxy) is 1. The van der Waals surface area contributed by atoms with Gasteiger partial charge in [0.15, 0.2) is 5.96 Å². The molecule has 6 nitrogen and oxygen atoms in total. The van der Waals surface area contributed by atoms with Gasteiger partial charge in [-0.15, -0.1) is 0 Å². The van der Waals surface area contributed by atoms with Crippen LogP contribution in [0.4, 0.5) is 0 Å². The Morgan fingerprint density at radius 2 is 2.29 bits per heavy atom. The summed E-state index contributed by atoms with van der Waals surface area (Å²) in [7, 11) is 1.63. The van der Waals surface area contributed by atoms with E-state index in [1.54, 1.807) is 7.11 Å². The molecule has 0 radical (unpaired) electrons. The number of nitrogens with one attached hydrogen (secondary N) is 2. The number of rotatable bonds is 8. The van der Waals surface area contributed by atoms with Gasteiger partial charge in [0.05, 0.1) is 6.61 Å². The second-order valence-electron chi connectivity index (χ2n) is 4.13. The van der Waals surface area contributed by atoms with Gasteiger partial charge in [-0.1, -0.05) is 0 Å². The monoisotopic (exact) mass is 242 g/mol. The predicted molar refractivity (Wildman–Crippen MR) is 66.8 cm³/mol. The lowest BCUT2D eigenvalue weighted by atomic mass is 10.3. The van der Waals surface area contributed by atoms with Crippen LogP contribution in [0.15, 0.2) is 4.99 Å². The minimum absolute atomic E-state index is 0.119. The number of carbonyl (C=O) groups is 1. The van der Waals surface area contributed by atoms with Crippen molar-refractivity contribution < 1.29 is 9.53 Å². The molecule has 1 rings (SSSR count). The highest BCUT2D eigenvalue weighted by Crippen LogP contribution is 2.18. The molecule has 6 heteroatoms. The van der Waals surface area contributed by atoms with E-state index >= 15 is 0 Å². The molecule has 0 spiro atoms. The van der Waals surface area contributed by atoms with Gasteiger partial charge < -0.3 is 21.1 Å². The fraction of sp³-hybridized carbons (Fsp3) is 0.818. The van der Waals surface area contributed by atoms with Crippen molar-refractivity contribution in [3.63, 3.8) is 0 Å². The highest BCUT2D eigenvalue weighted by Gasteiger charge is 2.22. The molecule has 0 atom stereocenters. The first kappa shape index (κ1) is 13.8. The van der Waals surface area contributed by atoms with E-state index in [0.717, 1.165) is 19.3 Å². The SMILES string of the molecule is COCCNC(N)=NCCCC(=O)NC1CC1. The van der Waals surface area contributed by atoms with Crippen LogP contribution in [0.5, 0.6) is 0 Å². The van der Waals surface area contributed by atoms with E-state index in [9.17, 15) is 4.79 Å². The first-order valence-corrected chi connectivity index (χ1v) is 6.04. The van der Waals surface area contributed by atoms with Crippen molar-refractivity contribution in [3.8, 4) is 0 Å². The van der Waals surface area contributed by atoms with Crippen molar-refractivity contribution in [2.45, 2.75) is 31.7 Å². The number of aliphatic imine (C=N–C) groups is 1. The third kappa shape index (κ3) is 7.57. The van der Waals surface area contributed by atoms with Crippen LogP contribution in [0.3, 0.4) is 0 Å². The number of carbonyl (C=O) groups excluding carboxylic acids is 1. The lowest BCUT2D eigenvalue weighted by Crippen LogP contribution is -2.34. The van der Waals surface area contributed by atoms with E-state index < -0.39 is 0 Å². The van der Waals surface area contributed by atoms with Gasteiger partial charge >= 0.3 is 0 Å². The molecule has 98 valence electrons. The Hall–Kier alpha value is -1.30. The Morgan fingerprint density at radius 3 is 2.94 bits per heavy atom. The van der Waals surface area contributed by atoms with Crippen LogP contribution in [0, 0.1) is 0 Å². The molecule has 1 saturated carbocycles. The van der Waals surface area contributed by atoms with Crippen molar-refractivity contribution in [2.24, 2.45) is 10.7 Å². The largest absolute Gasteiger partial charge is 0.383 e. The molecule has 1 amide bonds. The molecule has 0 aliphatic heterocycles. The van der Waals surface area contributed by atoms with E-state index in [-0.39, 0.29) is 5.91 Å². The van der Waals surface area contributed by atoms with Crippen LogP contribution in [0.1, 0.15) is 25.7 Å². The van der Waals surface area contributed by atoms with Gasteiger partial charge in [0, 0.05) is 32.7 Å². The molecular weight excluding hydrogens is 220 g/mol. The smallest absolute Gasteiger partial charge is 0.220 e. The Bertz CT molecular complexity index is 264. The molecular formula is C11H22N4O2. The summed E-state index contributed by atoms with van der Waals surface area (Å²) in [6.07, 6.45) is 3.50. The number of nitrogens with two attached hydrogens (primary N) is 1.